The van der Waals surface area contributed by atoms with Gasteiger partial charge in [-0.1, -0.05) is 12.8 Å². The third-order valence-electron chi connectivity index (χ3n) is 3.27. The smallest absolute Gasteiger partial charge is 0.198 e. The molecule has 2 rings (SSSR count). The van der Waals surface area contributed by atoms with Crippen molar-refractivity contribution in [3.05, 3.63) is 0 Å². The summed E-state index contributed by atoms with van der Waals surface area (Å²) in [7, 11) is 0. The van der Waals surface area contributed by atoms with Gasteiger partial charge in [0, 0.05) is 12.8 Å². The largest absolute Gasteiger partial charge is 0.291 e. The third-order valence-corrected chi connectivity index (χ3v) is 3.27. The highest BCUT2D eigenvalue weighted by atomic mass is 16.2. The van der Waals surface area contributed by atoms with Crippen molar-refractivity contribution >= 4 is 11.6 Å². The topological polar surface area (TPSA) is 34.1 Å². The van der Waals surface area contributed by atoms with E-state index in [4.69, 9.17) is 0 Å². The van der Waals surface area contributed by atoms with Crippen LogP contribution in [-0.2, 0) is 9.59 Å². The fourth-order valence-corrected chi connectivity index (χ4v) is 2.53. The van der Waals surface area contributed by atoms with E-state index in [0.29, 0.717) is 24.7 Å². The molecule has 12 heavy (non-hydrogen) atoms. The van der Waals surface area contributed by atoms with Gasteiger partial charge < -0.3 is 0 Å². The molecule has 0 bridgehead atoms. The minimum absolute atomic E-state index is 0.113. The first-order chi connectivity index (χ1) is 5.77. The van der Waals surface area contributed by atoms with E-state index in [9.17, 15) is 9.59 Å². The quantitative estimate of drug-likeness (QED) is 0.513. The van der Waals surface area contributed by atoms with Crippen molar-refractivity contribution in [3.8, 4) is 0 Å². The average molecular weight is 166 g/mol. The molecule has 66 valence electrons. The van der Waals surface area contributed by atoms with Crippen LogP contribution >= 0.6 is 0 Å². The molecule has 0 aliphatic heterocycles. The van der Waals surface area contributed by atoms with E-state index < -0.39 is 0 Å². The van der Waals surface area contributed by atoms with Crippen LogP contribution in [0.1, 0.15) is 38.5 Å². The molecule has 0 heterocycles. The average Bonchev–Trinajstić information content (AvgIpc) is 2.07. The molecule has 2 saturated carbocycles. The highest BCUT2D eigenvalue weighted by Gasteiger charge is 2.35. The fraction of sp³-hybridized carbons (Fsp3) is 0.800. The molecule has 0 unspecified atom stereocenters. The lowest BCUT2D eigenvalue weighted by Crippen LogP contribution is -2.34. The number of rotatable bonds is 0. The zero-order valence-corrected chi connectivity index (χ0v) is 7.21. The second-order valence-corrected chi connectivity index (χ2v) is 4.06. The molecule has 2 aliphatic carbocycles. The lowest BCUT2D eigenvalue weighted by Gasteiger charge is -2.33. The lowest BCUT2D eigenvalue weighted by atomic mass is 9.70. The van der Waals surface area contributed by atoms with Crippen LogP contribution in [0.5, 0.6) is 0 Å². The Morgan fingerprint density at radius 1 is 0.833 bits per heavy atom. The Hall–Kier alpha value is -0.660. The van der Waals surface area contributed by atoms with Gasteiger partial charge in [0.25, 0.3) is 0 Å². The second-order valence-electron chi connectivity index (χ2n) is 4.06. The second kappa shape index (κ2) is 3.00. The summed E-state index contributed by atoms with van der Waals surface area (Å²) in [5.74, 6) is 0.865. The van der Waals surface area contributed by atoms with E-state index >= 15 is 0 Å². The predicted octanol–water partition coefficient (Wildman–Crippen LogP) is 1.72. The molecule has 0 radical (unpaired) electrons. The van der Waals surface area contributed by atoms with Crippen molar-refractivity contribution in [2.75, 3.05) is 0 Å². The summed E-state index contributed by atoms with van der Waals surface area (Å²) >= 11 is 0. The van der Waals surface area contributed by atoms with Crippen molar-refractivity contribution in [2.24, 2.45) is 11.8 Å². The zero-order chi connectivity index (χ0) is 8.55. The van der Waals surface area contributed by atoms with Gasteiger partial charge in [0.05, 0.1) is 0 Å². The number of hydrogen-bond donors (Lipinski definition) is 0. The van der Waals surface area contributed by atoms with E-state index in [2.05, 4.69) is 0 Å². The molecular weight excluding hydrogens is 152 g/mol. The standard InChI is InChI=1S/C10H14O2/c11-9-5-7-3-1-2-4-8(7)6-10(9)12/h7-8H,1-6H2/t7-,8-/m0/s1. The summed E-state index contributed by atoms with van der Waals surface area (Å²) in [5, 5.41) is 0. The molecule has 0 aromatic heterocycles. The maximum atomic E-state index is 11.1. The molecular formula is C10H14O2. The Morgan fingerprint density at radius 3 is 1.67 bits per heavy atom. The SMILES string of the molecule is O=C1C[C@@H]2CCCC[C@H]2CC1=O. The zero-order valence-electron chi connectivity index (χ0n) is 7.21. The summed E-state index contributed by atoms with van der Waals surface area (Å²) in [6, 6.07) is 0. The van der Waals surface area contributed by atoms with Gasteiger partial charge in [0.1, 0.15) is 0 Å². The first-order valence-electron chi connectivity index (χ1n) is 4.83. The van der Waals surface area contributed by atoms with E-state index in [0.717, 1.165) is 0 Å². The van der Waals surface area contributed by atoms with Gasteiger partial charge in [-0.25, -0.2) is 0 Å². The summed E-state index contributed by atoms with van der Waals surface area (Å²) in [4.78, 5) is 22.2. The maximum absolute atomic E-state index is 11.1. The Morgan fingerprint density at radius 2 is 1.25 bits per heavy atom. The van der Waals surface area contributed by atoms with Crippen molar-refractivity contribution in [1.82, 2.24) is 0 Å². The van der Waals surface area contributed by atoms with Gasteiger partial charge in [-0.3, -0.25) is 9.59 Å². The molecule has 0 N–H and O–H groups in total. The summed E-state index contributed by atoms with van der Waals surface area (Å²) < 4.78 is 0. The van der Waals surface area contributed by atoms with Crippen LogP contribution in [0, 0.1) is 11.8 Å². The molecule has 0 spiro atoms. The number of fused-ring (bicyclic) bond motifs is 1. The van der Waals surface area contributed by atoms with Gasteiger partial charge in [0.2, 0.25) is 0 Å². The normalized spacial score (nSPS) is 36.3. The van der Waals surface area contributed by atoms with Crippen LogP contribution < -0.4 is 0 Å². The molecule has 2 fully saturated rings. The number of hydrogen-bond acceptors (Lipinski definition) is 2. The van der Waals surface area contributed by atoms with E-state index in [1.165, 1.54) is 25.7 Å². The van der Waals surface area contributed by atoms with E-state index in [1.807, 2.05) is 0 Å². The van der Waals surface area contributed by atoms with E-state index in [-0.39, 0.29) is 11.6 Å². The van der Waals surface area contributed by atoms with Crippen molar-refractivity contribution in [3.63, 3.8) is 0 Å². The van der Waals surface area contributed by atoms with Crippen molar-refractivity contribution in [2.45, 2.75) is 38.5 Å². The van der Waals surface area contributed by atoms with Crippen LogP contribution in [0.15, 0.2) is 0 Å². The number of ketones is 2. The molecule has 0 amide bonds. The minimum Gasteiger partial charge on any atom is -0.291 e. The molecule has 2 aliphatic rings. The predicted molar refractivity (Wildman–Crippen MR) is 44.7 cm³/mol. The van der Waals surface area contributed by atoms with E-state index in [1.54, 1.807) is 0 Å². The van der Waals surface area contributed by atoms with Crippen LogP contribution in [0.2, 0.25) is 0 Å². The first kappa shape index (κ1) is 7.96. The van der Waals surface area contributed by atoms with Gasteiger partial charge in [-0.2, -0.15) is 0 Å². The maximum Gasteiger partial charge on any atom is 0.198 e. The number of Topliss-reactive ketones (excluding diaryl/α,β-unsaturated/α-hetero) is 2. The van der Waals surface area contributed by atoms with Crippen molar-refractivity contribution < 1.29 is 9.59 Å². The summed E-state index contributed by atoms with van der Waals surface area (Å²) in [5.41, 5.74) is 0. The number of carbonyl (C=O) groups is 2. The summed E-state index contributed by atoms with van der Waals surface area (Å²) in [6.07, 6.45) is 5.94. The lowest BCUT2D eigenvalue weighted by molar-refractivity contribution is -0.141. The molecule has 2 atom stereocenters. The highest BCUT2D eigenvalue weighted by molar-refractivity contribution is 6.37. The first-order valence-corrected chi connectivity index (χ1v) is 4.83. The molecule has 2 heteroatoms. The Bertz CT molecular complexity index is 196. The minimum atomic E-state index is -0.113. The Labute approximate surface area is 72.3 Å². The van der Waals surface area contributed by atoms with Gasteiger partial charge in [-0.05, 0) is 24.7 Å². The molecule has 0 aromatic rings. The van der Waals surface area contributed by atoms with Crippen molar-refractivity contribution in [1.29, 1.82) is 0 Å². The molecule has 2 nitrogen and oxygen atoms in total. The Balaban J connectivity index is 2.07. The summed E-state index contributed by atoms with van der Waals surface area (Å²) in [6.45, 7) is 0. The van der Waals surface area contributed by atoms with Crippen LogP contribution in [-0.4, -0.2) is 11.6 Å². The highest BCUT2D eigenvalue weighted by Crippen LogP contribution is 2.37. The fourth-order valence-electron chi connectivity index (χ4n) is 2.53. The Kier molecular flexibility index (Phi) is 1.99. The molecule has 0 aromatic carbocycles. The monoisotopic (exact) mass is 166 g/mol. The van der Waals surface area contributed by atoms with Crippen LogP contribution in [0.3, 0.4) is 0 Å². The third kappa shape index (κ3) is 1.30. The van der Waals surface area contributed by atoms with Gasteiger partial charge in [-0.15, -0.1) is 0 Å². The van der Waals surface area contributed by atoms with Crippen LogP contribution in [0.25, 0.3) is 0 Å². The van der Waals surface area contributed by atoms with Crippen LogP contribution in [0.4, 0.5) is 0 Å². The van der Waals surface area contributed by atoms with Gasteiger partial charge in [0.15, 0.2) is 11.6 Å². The number of carbonyl (C=O) groups excluding carboxylic acids is 2. The molecule has 0 saturated heterocycles. The van der Waals surface area contributed by atoms with Gasteiger partial charge >= 0.3 is 0 Å².